The van der Waals surface area contributed by atoms with Crippen molar-refractivity contribution in [1.82, 2.24) is 9.80 Å². The average Bonchev–Trinajstić information content (AvgIpc) is 2.23. The van der Waals surface area contributed by atoms with Gasteiger partial charge >= 0.3 is 6.09 Å². The van der Waals surface area contributed by atoms with E-state index in [-0.39, 0.29) is 18.7 Å². The van der Waals surface area contributed by atoms with E-state index in [2.05, 4.69) is 4.90 Å². The molecular weight excluding hydrogens is 232 g/mol. The minimum atomic E-state index is -0.440. The van der Waals surface area contributed by atoms with Gasteiger partial charge in [-0.3, -0.25) is 4.90 Å². The van der Waals surface area contributed by atoms with Gasteiger partial charge < -0.3 is 14.7 Å². The zero-order chi connectivity index (χ0) is 13.8. The molecule has 1 saturated heterocycles. The molecular formula is C13H26N2O3. The number of rotatable bonds is 3. The Kier molecular flexibility index (Phi) is 5.41. The second kappa shape index (κ2) is 6.38. The van der Waals surface area contributed by atoms with Gasteiger partial charge in [-0.25, -0.2) is 4.79 Å². The summed E-state index contributed by atoms with van der Waals surface area (Å²) in [7, 11) is 0. The zero-order valence-corrected chi connectivity index (χ0v) is 12.0. The van der Waals surface area contributed by atoms with Gasteiger partial charge in [-0.05, 0) is 34.1 Å². The van der Waals surface area contributed by atoms with E-state index >= 15 is 0 Å². The largest absolute Gasteiger partial charge is 0.444 e. The highest BCUT2D eigenvalue weighted by atomic mass is 16.6. The Morgan fingerprint density at radius 3 is 2.56 bits per heavy atom. The van der Waals surface area contributed by atoms with Crippen LogP contribution in [-0.2, 0) is 4.74 Å². The minimum absolute atomic E-state index is 0.160. The Hall–Kier alpha value is -0.810. The van der Waals surface area contributed by atoms with E-state index in [1.165, 1.54) is 0 Å². The summed E-state index contributed by atoms with van der Waals surface area (Å²) in [4.78, 5) is 16.1. The van der Waals surface area contributed by atoms with Gasteiger partial charge in [0.1, 0.15) is 5.60 Å². The molecule has 1 amide bonds. The fourth-order valence-electron chi connectivity index (χ4n) is 2.12. The third kappa shape index (κ3) is 4.82. The Labute approximate surface area is 110 Å². The second-order valence-electron chi connectivity index (χ2n) is 5.90. The molecule has 1 rings (SSSR count). The number of hydrogen-bond donors (Lipinski definition) is 1. The highest BCUT2D eigenvalue weighted by Gasteiger charge is 2.30. The number of nitrogens with zero attached hydrogens (tertiary/aromatic N) is 2. The molecule has 0 aromatic rings. The summed E-state index contributed by atoms with van der Waals surface area (Å²) in [6.45, 7) is 11.2. The molecule has 0 aliphatic carbocycles. The van der Waals surface area contributed by atoms with E-state index in [0.29, 0.717) is 6.54 Å². The van der Waals surface area contributed by atoms with Crippen LogP contribution in [0.5, 0.6) is 0 Å². The summed E-state index contributed by atoms with van der Waals surface area (Å²) in [6.07, 6.45) is 0.566. The van der Waals surface area contributed by atoms with E-state index < -0.39 is 5.60 Å². The lowest BCUT2D eigenvalue weighted by atomic mass is 10.2. The van der Waals surface area contributed by atoms with E-state index in [1.807, 2.05) is 27.7 Å². The van der Waals surface area contributed by atoms with Crippen LogP contribution in [0.4, 0.5) is 4.79 Å². The lowest BCUT2D eigenvalue weighted by Crippen LogP contribution is -2.55. The topological polar surface area (TPSA) is 53.0 Å². The predicted octanol–water partition coefficient (Wildman–Crippen LogP) is 1.31. The summed E-state index contributed by atoms with van der Waals surface area (Å²) in [5, 5.41) is 8.82. The van der Waals surface area contributed by atoms with Gasteiger partial charge in [0.05, 0.1) is 0 Å². The van der Waals surface area contributed by atoms with Gasteiger partial charge in [0.15, 0.2) is 0 Å². The number of amides is 1. The lowest BCUT2D eigenvalue weighted by Gasteiger charge is -2.40. The molecule has 1 unspecified atom stereocenters. The van der Waals surface area contributed by atoms with Crippen molar-refractivity contribution in [1.29, 1.82) is 0 Å². The summed E-state index contributed by atoms with van der Waals surface area (Å²) in [6, 6.07) is 0.160. The Balaban J connectivity index is 2.44. The molecule has 0 aromatic carbocycles. The van der Waals surface area contributed by atoms with Crippen molar-refractivity contribution in [3.05, 3.63) is 0 Å². The number of hydrogen-bond acceptors (Lipinski definition) is 4. The fraction of sp³-hybridized carbons (Fsp3) is 0.923. The van der Waals surface area contributed by atoms with Crippen molar-refractivity contribution >= 4 is 6.09 Å². The number of piperazine rings is 1. The molecule has 1 aliphatic heterocycles. The molecule has 1 fully saturated rings. The van der Waals surface area contributed by atoms with Gasteiger partial charge in [-0.1, -0.05) is 0 Å². The summed E-state index contributed by atoms with van der Waals surface area (Å²) in [5.41, 5.74) is -0.440. The molecule has 0 radical (unpaired) electrons. The highest BCUT2D eigenvalue weighted by molar-refractivity contribution is 5.68. The third-order valence-electron chi connectivity index (χ3n) is 2.97. The minimum Gasteiger partial charge on any atom is -0.444 e. The standard InChI is InChI=1S/C13H26N2O3/c1-11-10-14(6-5-9-16)7-8-15(11)12(17)18-13(2,3)4/h11,16H,5-10H2,1-4H3. The highest BCUT2D eigenvalue weighted by Crippen LogP contribution is 2.15. The van der Waals surface area contributed by atoms with Crippen molar-refractivity contribution < 1.29 is 14.6 Å². The molecule has 0 aromatic heterocycles. The maximum atomic E-state index is 12.0. The monoisotopic (exact) mass is 258 g/mol. The van der Waals surface area contributed by atoms with Crippen molar-refractivity contribution in [2.45, 2.75) is 45.8 Å². The molecule has 0 bridgehead atoms. The number of carbonyl (C=O) groups excluding carboxylic acids is 1. The molecule has 1 heterocycles. The smallest absolute Gasteiger partial charge is 0.410 e. The van der Waals surface area contributed by atoms with Crippen LogP contribution in [0.1, 0.15) is 34.1 Å². The predicted molar refractivity (Wildman–Crippen MR) is 70.5 cm³/mol. The lowest BCUT2D eigenvalue weighted by molar-refractivity contribution is 0.000943. The molecule has 106 valence electrons. The Morgan fingerprint density at radius 1 is 1.39 bits per heavy atom. The van der Waals surface area contributed by atoms with Gasteiger partial charge in [0.25, 0.3) is 0 Å². The first-order valence-electron chi connectivity index (χ1n) is 6.66. The first-order chi connectivity index (χ1) is 8.33. The van der Waals surface area contributed by atoms with E-state index in [4.69, 9.17) is 9.84 Å². The van der Waals surface area contributed by atoms with Crippen LogP contribution < -0.4 is 0 Å². The van der Waals surface area contributed by atoms with Gasteiger partial charge in [0.2, 0.25) is 0 Å². The number of aliphatic hydroxyl groups is 1. The summed E-state index contributed by atoms with van der Waals surface area (Å²) >= 11 is 0. The number of aliphatic hydroxyl groups excluding tert-OH is 1. The summed E-state index contributed by atoms with van der Waals surface area (Å²) < 4.78 is 5.39. The van der Waals surface area contributed by atoms with Gasteiger partial charge in [-0.15, -0.1) is 0 Å². The van der Waals surface area contributed by atoms with Crippen molar-refractivity contribution in [3.8, 4) is 0 Å². The van der Waals surface area contributed by atoms with Gasteiger partial charge in [-0.2, -0.15) is 0 Å². The molecule has 1 aliphatic rings. The molecule has 1 N–H and O–H groups in total. The average molecular weight is 258 g/mol. The number of ether oxygens (including phenoxy) is 1. The van der Waals surface area contributed by atoms with Crippen molar-refractivity contribution in [3.63, 3.8) is 0 Å². The van der Waals surface area contributed by atoms with Gasteiger partial charge in [0, 0.05) is 38.8 Å². The zero-order valence-electron chi connectivity index (χ0n) is 12.0. The molecule has 0 spiro atoms. The van der Waals surface area contributed by atoms with Crippen LogP contribution in [0.2, 0.25) is 0 Å². The Morgan fingerprint density at radius 2 is 2.06 bits per heavy atom. The summed E-state index contributed by atoms with van der Waals surface area (Å²) in [5.74, 6) is 0. The molecule has 5 nitrogen and oxygen atoms in total. The Bertz CT molecular complexity index is 276. The van der Waals surface area contributed by atoms with E-state index in [9.17, 15) is 4.79 Å². The SMILES string of the molecule is CC1CN(CCCO)CCN1C(=O)OC(C)(C)C. The van der Waals surface area contributed by atoms with Crippen LogP contribution in [0, 0.1) is 0 Å². The quantitative estimate of drug-likeness (QED) is 0.829. The van der Waals surface area contributed by atoms with Crippen LogP contribution >= 0.6 is 0 Å². The number of carbonyl (C=O) groups is 1. The van der Waals surface area contributed by atoms with Crippen LogP contribution in [0.25, 0.3) is 0 Å². The molecule has 5 heteroatoms. The maximum Gasteiger partial charge on any atom is 0.410 e. The van der Waals surface area contributed by atoms with E-state index in [0.717, 1.165) is 26.1 Å². The first kappa shape index (κ1) is 15.2. The van der Waals surface area contributed by atoms with Crippen molar-refractivity contribution in [2.24, 2.45) is 0 Å². The van der Waals surface area contributed by atoms with Crippen molar-refractivity contribution in [2.75, 3.05) is 32.8 Å². The van der Waals surface area contributed by atoms with E-state index in [1.54, 1.807) is 4.90 Å². The first-order valence-corrected chi connectivity index (χ1v) is 6.66. The normalized spacial score (nSPS) is 22.1. The fourth-order valence-corrected chi connectivity index (χ4v) is 2.12. The molecule has 0 saturated carbocycles. The molecule has 18 heavy (non-hydrogen) atoms. The molecule has 1 atom stereocenters. The van der Waals surface area contributed by atoms with Crippen LogP contribution in [0.15, 0.2) is 0 Å². The third-order valence-corrected chi connectivity index (χ3v) is 2.97. The van der Waals surface area contributed by atoms with Crippen LogP contribution in [-0.4, -0.2) is 65.4 Å². The van der Waals surface area contributed by atoms with Crippen LogP contribution in [0.3, 0.4) is 0 Å². The second-order valence-corrected chi connectivity index (χ2v) is 5.90. The maximum absolute atomic E-state index is 12.0.